The molecule has 5 heteroatoms. The zero-order valence-electron chi connectivity index (χ0n) is 15.9. The SMILES string of the molecule is Cc1ccc(-c2nc(CC(=O)NCCOc3cc(C)cc(C)c3)cs2)cc1. The van der Waals surface area contributed by atoms with Gasteiger partial charge in [-0.2, -0.15) is 0 Å². The van der Waals surface area contributed by atoms with Crippen molar-refractivity contribution in [2.45, 2.75) is 27.2 Å². The van der Waals surface area contributed by atoms with Crippen LogP contribution in [-0.4, -0.2) is 24.0 Å². The van der Waals surface area contributed by atoms with Crippen molar-refractivity contribution in [3.8, 4) is 16.3 Å². The van der Waals surface area contributed by atoms with E-state index in [4.69, 9.17) is 4.74 Å². The molecule has 0 bridgehead atoms. The average Bonchev–Trinajstić information content (AvgIpc) is 3.07. The van der Waals surface area contributed by atoms with Crippen LogP contribution in [0, 0.1) is 20.8 Å². The lowest BCUT2D eigenvalue weighted by Crippen LogP contribution is -2.29. The highest BCUT2D eigenvalue weighted by atomic mass is 32.1. The smallest absolute Gasteiger partial charge is 0.226 e. The van der Waals surface area contributed by atoms with Gasteiger partial charge < -0.3 is 10.1 Å². The molecule has 1 N–H and O–H groups in total. The van der Waals surface area contributed by atoms with Gasteiger partial charge in [-0.1, -0.05) is 35.9 Å². The van der Waals surface area contributed by atoms with Gasteiger partial charge in [-0.25, -0.2) is 4.98 Å². The highest BCUT2D eigenvalue weighted by molar-refractivity contribution is 7.13. The van der Waals surface area contributed by atoms with Gasteiger partial charge in [-0.05, 0) is 44.0 Å². The van der Waals surface area contributed by atoms with Crippen molar-refractivity contribution in [1.82, 2.24) is 10.3 Å². The van der Waals surface area contributed by atoms with Crippen molar-refractivity contribution < 1.29 is 9.53 Å². The second-order valence-electron chi connectivity index (χ2n) is 6.71. The van der Waals surface area contributed by atoms with E-state index >= 15 is 0 Å². The number of ether oxygens (including phenoxy) is 1. The van der Waals surface area contributed by atoms with Gasteiger partial charge in [0.25, 0.3) is 0 Å². The van der Waals surface area contributed by atoms with Crippen molar-refractivity contribution in [3.63, 3.8) is 0 Å². The van der Waals surface area contributed by atoms with E-state index in [1.54, 1.807) is 11.3 Å². The number of rotatable bonds is 7. The zero-order valence-corrected chi connectivity index (χ0v) is 16.7. The minimum Gasteiger partial charge on any atom is -0.492 e. The summed E-state index contributed by atoms with van der Waals surface area (Å²) >= 11 is 1.56. The number of nitrogens with one attached hydrogen (secondary N) is 1. The second-order valence-corrected chi connectivity index (χ2v) is 7.57. The second kappa shape index (κ2) is 8.82. The fourth-order valence-corrected chi connectivity index (χ4v) is 3.65. The van der Waals surface area contributed by atoms with Crippen LogP contribution in [0.1, 0.15) is 22.4 Å². The normalized spacial score (nSPS) is 10.6. The van der Waals surface area contributed by atoms with Crippen molar-refractivity contribution in [2.24, 2.45) is 0 Å². The summed E-state index contributed by atoms with van der Waals surface area (Å²) in [7, 11) is 0. The van der Waals surface area contributed by atoms with Crippen LogP contribution in [0.15, 0.2) is 47.8 Å². The number of aromatic nitrogens is 1. The Hall–Kier alpha value is -2.66. The lowest BCUT2D eigenvalue weighted by atomic mass is 10.1. The molecule has 0 aliphatic carbocycles. The van der Waals surface area contributed by atoms with Gasteiger partial charge in [-0.3, -0.25) is 4.79 Å². The van der Waals surface area contributed by atoms with Gasteiger partial charge in [0.1, 0.15) is 17.4 Å². The summed E-state index contributed by atoms with van der Waals surface area (Å²) in [6.07, 6.45) is 0.284. The van der Waals surface area contributed by atoms with E-state index in [0.29, 0.717) is 13.2 Å². The molecule has 0 atom stereocenters. The highest BCUT2D eigenvalue weighted by Gasteiger charge is 2.09. The van der Waals surface area contributed by atoms with Crippen LogP contribution >= 0.6 is 11.3 Å². The predicted molar refractivity (Wildman–Crippen MR) is 110 cm³/mol. The van der Waals surface area contributed by atoms with Crippen molar-refractivity contribution in [2.75, 3.05) is 13.2 Å². The van der Waals surface area contributed by atoms with Gasteiger partial charge in [-0.15, -0.1) is 11.3 Å². The number of benzene rings is 2. The third-order valence-corrected chi connectivity index (χ3v) is 5.02. The molecular formula is C22H24N2O2S. The predicted octanol–water partition coefficient (Wildman–Crippen LogP) is 4.47. The molecule has 3 aromatic rings. The molecule has 3 rings (SSSR count). The van der Waals surface area contributed by atoms with E-state index in [0.717, 1.165) is 22.0 Å². The lowest BCUT2D eigenvalue weighted by Gasteiger charge is -2.09. The van der Waals surface area contributed by atoms with Gasteiger partial charge in [0, 0.05) is 10.9 Å². The summed E-state index contributed by atoms with van der Waals surface area (Å²) in [5.74, 6) is 0.795. The van der Waals surface area contributed by atoms with Crippen LogP contribution in [0.25, 0.3) is 10.6 Å². The van der Waals surface area contributed by atoms with Crippen molar-refractivity contribution in [3.05, 3.63) is 70.2 Å². The fraction of sp³-hybridized carbons (Fsp3) is 0.273. The van der Waals surface area contributed by atoms with Gasteiger partial charge in [0.15, 0.2) is 0 Å². The molecule has 1 heterocycles. The standard InChI is InChI=1S/C22H24N2O2S/c1-15-4-6-18(7-5-15)22-24-19(14-27-22)13-21(25)23-8-9-26-20-11-16(2)10-17(3)12-20/h4-7,10-12,14H,8-9,13H2,1-3H3,(H,23,25). The van der Waals surface area contributed by atoms with E-state index in [1.165, 1.54) is 16.7 Å². The first-order valence-electron chi connectivity index (χ1n) is 8.99. The molecule has 0 radical (unpaired) electrons. The van der Waals surface area contributed by atoms with E-state index < -0.39 is 0 Å². The molecule has 0 fully saturated rings. The van der Waals surface area contributed by atoms with Crippen LogP contribution in [-0.2, 0) is 11.2 Å². The zero-order chi connectivity index (χ0) is 19.2. The van der Waals surface area contributed by atoms with Crippen LogP contribution in [0.5, 0.6) is 5.75 Å². The lowest BCUT2D eigenvalue weighted by molar-refractivity contribution is -0.120. The van der Waals surface area contributed by atoms with E-state index in [9.17, 15) is 4.79 Å². The van der Waals surface area contributed by atoms with Crippen LogP contribution in [0.4, 0.5) is 0 Å². The molecule has 2 aromatic carbocycles. The molecule has 0 unspecified atom stereocenters. The summed E-state index contributed by atoms with van der Waals surface area (Å²) < 4.78 is 5.71. The van der Waals surface area contributed by atoms with E-state index in [2.05, 4.69) is 47.6 Å². The monoisotopic (exact) mass is 380 g/mol. The Balaban J connectivity index is 1.45. The third kappa shape index (κ3) is 5.66. The number of carbonyl (C=O) groups is 1. The molecule has 0 spiro atoms. The van der Waals surface area contributed by atoms with E-state index in [-0.39, 0.29) is 12.3 Å². The molecule has 4 nitrogen and oxygen atoms in total. The molecule has 1 aromatic heterocycles. The summed E-state index contributed by atoms with van der Waals surface area (Å²) in [6.45, 7) is 7.06. The summed E-state index contributed by atoms with van der Waals surface area (Å²) in [5, 5.41) is 5.77. The van der Waals surface area contributed by atoms with Crippen LogP contribution in [0.2, 0.25) is 0 Å². The Morgan fingerprint density at radius 3 is 2.44 bits per heavy atom. The van der Waals surface area contributed by atoms with Gasteiger partial charge >= 0.3 is 0 Å². The summed E-state index contributed by atoms with van der Waals surface area (Å²) in [4.78, 5) is 16.7. The first-order valence-corrected chi connectivity index (χ1v) is 9.87. The van der Waals surface area contributed by atoms with Crippen LogP contribution < -0.4 is 10.1 Å². The Labute approximate surface area is 164 Å². The number of thiazole rings is 1. The maximum absolute atomic E-state index is 12.1. The third-order valence-electron chi connectivity index (χ3n) is 4.08. The number of amides is 1. The molecule has 0 saturated carbocycles. The Kier molecular flexibility index (Phi) is 6.24. The summed E-state index contributed by atoms with van der Waals surface area (Å²) in [5.41, 5.74) is 5.43. The maximum atomic E-state index is 12.1. The largest absolute Gasteiger partial charge is 0.492 e. The average molecular weight is 381 g/mol. The van der Waals surface area contributed by atoms with E-state index in [1.807, 2.05) is 31.4 Å². The minimum atomic E-state index is -0.0419. The Bertz CT molecular complexity index is 896. The Morgan fingerprint density at radius 2 is 1.74 bits per heavy atom. The molecule has 140 valence electrons. The molecule has 0 aliphatic heterocycles. The molecule has 1 amide bonds. The fourth-order valence-electron chi connectivity index (χ4n) is 2.82. The molecular weight excluding hydrogens is 356 g/mol. The topological polar surface area (TPSA) is 51.2 Å². The minimum absolute atomic E-state index is 0.0419. The van der Waals surface area contributed by atoms with Crippen molar-refractivity contribution in [1.29, 1.82) is 0 Å². The Morgan fingerprint density at radius 1 is 1.04 bits per heavy atom. The molecule has 27 heavy (non-hydrogen) atoms. The maximum Gasteiger partial charge on any atom is 0.226 e. The van der Waals surface area contributed by atoms with Gasteiger partial charge in [0.05, 0.1) is 18.7 Å². The van der Waals surface area contributed by atoms with Crippen molar-refractivity contribution >= 4 is 17.2 Å². The quantitative estimate of drug-likeness (QED) is 0.615. The first-order chi connectivity index (χ1) is 13.0. The number of nitrogens with zero attached hydrogens (tertiary/aromatic N) is 1. The number of carbonyl (C=O) groups excluding carboxylic acids is 1. The molecule has 0 saturated heterocycles. The van der Waals surface area contributed by atoms with Gasteiger partial charge in [0.2, 0.25) is 5.91 Å². The number of hydrogen-bond acceptors (Lipinski definition) is 4. The van der Waals surface area contributed by atoms with Crippen LogP contribution in [0.3, 0.4) is 0 Å². The number of aryl methyl sites for hydroxylation is 3. The highest BCUT2D eigenvalue weighted by Crippen LogP contribution is 2.24. The number of hydrogen-bond donors (Lipinski definition) is 1. The molecule has 0 aliphatic rings. The first kappa shape index (κ1) is 19.1. The summed E-state index contributed by atoms with van der Waals surface area (Å²) in [6, 6.07) is 14.4.